The smallest absolute Gasteiger partial charge is 0.238 e. The third-order valence-electron chi connectivity index (χ3n) is 18.5. The Balaban J connectivity index is 0.664. The van der Waals surface area contributed by atoms with E-state index in [4.69, 9.17) is 29.3 Å². The summed E-state index contributed by atoms with van der Waals surface area (Å²) < 4.78 is 13.6. The zero-order valence-corrected chi connectivity index (χ0v) is 51.2. The van der Waals surface area contributed by atoms with E-state index >= 15 is 0 Å². The molecular formula is C85H51N7OS. The molecule has 0 amide bonds. The van der Waals surface area contributed by atoms with Crippen LogP contribution in [0.3, 0.4) is 0 Å². The summed E-state index contributed by atoms with van der Waals surface area (Å²) in [5, 5.41) is 9.23. The fourth-order valence-electron chi connectivity index (χ4n) is 14.0. The fraction of sp³-hybridized carbons (Fsp3) is 0. The molecule has 0 saturated carbocycles. The summed E-state index contributed by atoms with van der Waals surface area (Å²) in [7, 11) is 0. The van der Waals surface area contributed by atoms with Gasteiger partial charge in [-0.3, -0.25) is 4.57 Å². The van der Waals surface area contributed by atoms with E-state index in [2.05, 4.69) is 270 Å². The molecule has 19 aromatic rings. The maximum atomic E-state index is 6.53. The first-order valence-corrected chi connectivity index (χ1v) is 32.3. The van der Waals surface area contributed by atoms with Crippen LogP contribution in [0.2, 0.25) is 0 Å². The Kier molecular flexibility index (Phi) is 12.3. The minimum atomic E-state index is 0.542. The molecule has 0 radical (unpaired) electrons. The summed E-state index contributed by atoms with van der Waals surface area (Å²) in [6.07, 6.45) is 1.86. The molecule has 8 nitrogen and oxygen atoms in total. The van der Waals surface area contributed by atoms with Crippen molar-refractivity contribution in [3.05, 3.63) is 310 Å². The van der Waals surface area contributed by atoms with Crippen molar-refractivity contribution in [1.82, 2.24) is 34.1 Å². The minimum Gasteiger partial charge on any atom is -0.455 e. The summed E-state index contributed by atoms with van der Waals surface area (Å²) in [5.74, 6) is 2.40. The Morgan fingerprint density at radius 1 is 0.287 bits per heavy atom. The van der Waals surface area contributed by atoms with Crippen LogP contribution in [0.5, 0.6) is 0 Å². The van der Waals surface area contributed by atoms with E-state index in [1.165, 1.54) is 53.2 Å². The molecule has 0 unspecified atom stereocenters. The van der Waals surface area contributed by atoms with E-state index in [0.29, 0.717) is 23.4 Å². The van der Waals surface area contributed by atoms with Gasteiger partial charge in [0.05, 0.1) is 27.8 Å². The van der Waals surface area contributed by atoms with E-state index in [1.807, 2.05) is 60.0 Å². The van der Waals surface area contributed by atoms with Crippen LogP contribution in [-0.4, -0.2) is 34.1 Å². The predicted octanol–water partition coefficient (Wildman–Crippen LogP) is 22.5. The summed E-state index contributed by atoms with van der Waals surface area (Å²) >= 11 is 1.85. The number of benzene rings is 13. The summed E-state index contributed by atoms with van der Waals surface area (Å²) in [6, 6.07) is 108. The number of furan rings is 1. The Bertz CT molecular complexity index is 6240. The van der Waals surface area contributed by atoms with Crippen LogP contribution in [0.4, 0.5) is 0 Å². The lowest BCUT2D eigenvalue weighted by Gasteiger charge is -2.12. The van der Waals surface area contributed by atoms with Crippen molar-refractivity contribution in [3.63, 3.8) is 0 Å². The van der Waals surface area contributed by atoms with Crippen molar-refractivity contribution in [3.8, 4) is 102 Å². The van der Waals surface area contributed by atoms with Crippen molar-refractivity contribution in [2.45, 2.75) is 0 Å². The maximum absolute atomic E-state index is 6.53. The van der Waals surface area contributed by atoms with Gasteiger partial charge in [-0.15, -0.1) is 11.3 Å². The van der Waals surface area contributed by atoms with Crippen LogP contribution in [0.15, 0.2) is 314 Å². The lowest BCUT2D eigenvalue weighted by molar-refractivity contribution is 0.670. The first kappa shape index (κ1) is 53.4. The van der Waals surface area contributed by atoms with Gasteiger partial charge >= 0.3 is 0 Å². The van der Waals surface area contributed by atoms with Crippen molar-refractivity contribution < 1.29 is 4.42 Å². The molecule has 9 heteroatoms. The topological polar surface area (TPSA) is 87.5 Å². The zero-order chi connectivity index (χ0) is 61.8. The highest BCUT2D eigenvalue weighted by Gasteiger charge is 2.22. The highest BCUT2D eigenvalue weighted by Crippen LogP contribution is 2.45. The molecule has 6 heterocycles. The molecule has 19 rings (SSSR count). The average Bonchev–Trinajstić information content (AvgIpc) is 1.59. The Hall–Kier alpha value is -12.4. The van der Waals surface area contributed by atoms with Gasteiger partial charge in [0, 0.05) is 92.2 Å². The van der Waals surface area contributed by atoms with Crippen molar-refractivity contribution in [2.24, 2.45) is 0 Å². The Morgan fingerprint density at radius 3 is 1.59 bits per heavy atom. The number of aromatic nitrogens is 7. The Labute approximate surface area is 543 Å². The van der Waals surface area contributed by atoms with Gasteiger partial charge < -0.3 is 8.98 Å². The maximum Gasteiger partial charge on any atom is 0.238 e. The second-order valence-electron chi connectivity index (χ2n) is 23.9. The van der Waals surface area contributed by atoms with Crippen LogP contribution >= 0.6 is 11.3 Å². The summed E-state index contributed by atoms with van der Waals surface area (Å²) in [5.41, 5.74) is 20.8. The molecule has 0 saturated heterocycles. The fourth-order valence-corrected chi connectivity index (χ4v) is 15.2. The van der Waals surface area contributed by atoms with Gasteiger partial charge in [-0.25, -0.2) is 15.0 Å². The molecular weight excluding hydrogens is 1170 g/mol. The highest BCUT2D eigenvalue weighted by molar-refractivity contribution is 7.26. The number of nitrogens with zero attached hydrogens (tertiary/aromatic N) is 7. The van der Waals surface area contributed by atoms with E-state index in [0.717, 1.165) is 111 Å². The van der Waals surface area contributed by atoms with Crippen molar-refractivity contribution in [2.75, 3.05) is 0 Å². The molecule has 0 aliphatic heterocycles. The standard InChI is InChI=1S/C85H51N7OS/c1-3-17-52(18-4-1)53-35-37-54(38-36-53)73-45-46-86-82(87-73)61-23-14-24-62(48-61)91-74-32-10-7-25-65(74)70-51-59(40-42-76(70)91)64-29-16-31-69-72-49-57(41-44-79(72)94-81(64)69)56-21-13-22-60(47-56)84-88-83(55-19-5-2-6-20-55)89-85(90-84)92-75-33-11-8-26-66(75)71-50-58(39-43-77(71)92)63-28-15-30-68-67-27-9-12-34-78(67)93-80(63)68/h1-51H. The van der Waals surface area contributed by atoms with Gasteiger partial charge in [-0.1, -0.05) is 224 Å². The summed E-state index contributed by atoms with van der Waals surface area (Å²) in [4.78, 5) is 25.8. The van der Waals surface area contributed by atoms with Gasteiger partial charge in [0.25, 0.3) is 0 Å². The predicted molar refractivity (Wildman–Crippen MR) is 388 cm³/mol. The SMILES string of the molecule is c1ccc(-c2ccc(-c3ccnc(-c4cccc(-n5c6ccccc6c6cc(-c7cccc8c7sc7ccc(-c9cccc(-c%10nc(-c%11ccccc%11)nc(-n%11c%12ccccc%12c%12cc(-c%13cccc%14c%13oc%13ccccc%13%14)ccc%12%11)n%10)c9)cc78)ccc65)c4)n3)cc2)cc1. The first-order valence-electron chi connectivity index (χ1n) is 31.5. The minimum absolute atomic E-state index is 0.542. The second-order valence-corrected chi connectivity index (χ2v) is 25.0. The second kappa shape index (κ2) is 21.6. The van der Waals surface area contributed by atoms with E-state index in [9.17, 15) is 0 Å². The largest absolute Gasteiger partial charge is 0.455 e. The molecule has 0 atom stereocenters. The van der Waals surface area contributed by atoms with Crippen LogP contribution in [0, 0.1) is 0 Å². The van der Waals surface area contributed by atoms with Crippen LogP contribution in [-0.2, 0) is 0 Å². The number of hydrogen-bond donors (Lipinski definition) is 0. The van der Waals surface area contributed by atoms with Crippen LogP contribution in [0.1, 0.15) is 0 Å². The van der Waals surface area contributed by atoms with E-state index < -0.39 is 0 Å². The molecule has 0 aliphatic rings. The van der Waals surface area contributed by atoms with Gasteiger partial charge in [0.2, 0.25) is 5.95 Å². The lowest BCUT2D eigenvalue weighted by atomic mass is 9.98. The van der Waals surface area contributed by atoms with Gasteiger partial charge in [0.1, 0.15) is 11.2 Å². The van der Waals surface area contributed by atoms with E-state index in [-0.39, 0.29) is 0 Å². The number of fused-ring (bicyclic) bond motifs is 12. The lowest BCUT2D eigenvalue weighted by Crippen LogP contribution is -2.06. The molecule has 0 fully saturated rings. The van der Waals surface area contributed by atoms with Crippen molar-refractivity contribution >= 4 is 97.1 Å². The molecule has 94 heavy (non-hydrogen) atoms. The first-order chi connectivity index (χ1) is 46.6. The van der Waals surface area contributed by atoms with Gasteiger partial charge in [0.15, 0.2) is 17.5 Å². The van der Waals surface area contributed by atoms with Crippen LogP contribution in [0.25, 0.3) is 187 Å². The van der Waals surface area contributed by atoms with E-state index in [1.54, 1.807) is 0 Å². The van der Waals surface area contributed by atoms with Crippen molar-refractivity contribution in [1.29, 1.82) is 0 Å². The molecule has 0 bridgehead atoms. The quantitative estimate of drug-likeness (QED) is 0.136. The highest BCUT2D eigenvalue weighted by atomic mass is 32.1. The van der Waals surface area contributed by atoms with Gasteiger partial charge in [-0.2, -0.15) is 9.97 Å². The normalized spacial score (nSPS) is 11.8. The third-order valence-corrected chi connectivity index (χ3v) is 19.7. The molecule has 438 valence electrons. The molecule has 13 aromatic carbocycles. The molecule has 6 aromatic heterocycles. The van der Waals surface area contributed by atoms with Crippen LogP contribution < -0.4 is 0 Å². The molecule has 0 N–H and O–H groups in total. The number of hydrogen-bond acceptors (Lipinski definition) is 7. The molecule has 0 spiro atoms. The summed E-state index contributed by atoms with van der Waals surface area (Å²) in [6.45, 7) is 0. The number of thiophene rings is 1. The number of rotatable bonds is 10. The van der Waals surface area contributed by atoms with Gasteiger partial charge in [-0.05, 0) is 118 Å². The molecule has 0 aliphatic carbocycles. The average molecular weight is 1220 g/mol. The number of para-hydroxylation sites is 4. The third kappa shape index (κ3) is 8.85. The zero-order valence-electron chi connectivity index (χ0n) is 50.4. The Morgan fingerprint density at radius 2 is 0.809 bits per heavy atom. The monoisotopic (exact) mass is 1220 g/mol.